The van der Waals surface area contributed by atoms with Gasteiger partial charge >= 0.3 is 7.12 Å². The molecule has 8 heteroatoms. The van der Waals surface area contributed by atoms with Crippen molar-refractivity contribution in [3.63, 3.8) is 0 Å². The number of halogens is 2. The first-order chi connectivity index (χ1) is 59.9. The van der Waals surface area contributed by atoms with E-state index in [4.69, 9.17) is 10.0 Å². The third-order valence-corrected chi connectivity index (χ3v) is 26.2. The van der Waals surface area contributed by atoms with E-state index in [1.165, 1.54) is 199 Å². The summed E-state index contributed by atoms with van der Waals surface area (Å²) in [6.45, 7) is 4.64. The molecule has 18 aromatic carbocycles. The number of benzene rings is 18. The number of para-hydroxylation sites is 6. The molecule has 3 aromatic heterocycles. The van der Waals surface area contributed by atoms with Crippen LogP contribution in [0.1, 0.15) is 58.4 Å². The van der Waals surface area contributed by atoms with Crippen LogP contribution in [0.3, 0.4) is 0 Å². The first kappa shape index (κ1) is 75.8. The molecular weight excluding hydrogens is 1610 g/mol. The predicted molar refractivity (Wildman–Crippen MR) is 519 cm³/mol. The van der Waals surface area contributed by atoms with Crippen LogP contribution in [0.4, 0.5) is 0 Å². The van der Waals surface area contributed by atoms with Crippen LogP contribution in [0.25, 0.3) is 160 Å². The summed E-state index contributed by atoms with van der Waals surface area (Å²) in [5.74, 6) is 0. The molecule has 5 nitrogen and oxygen atoms in total. The van der Waals surface area contributed by atoms with Gasteiger partial charge in [0.15, 0.2) is 0 Å². The molecule has 0 amide bonds. The van der Waals surface area contributed by atoms with Crippen LogP contribution in [0.2, 0.25) is 0 Å². The van der Waals surface area contributed by atoms with Gasteiger partial charge in [-0.25, -0.2) is 0 Å². The highest BCUT2D eigenvalue weighted by Gasteiger charge is 2.35. The van der Waals surface area contributed by atoms with E-state index in [0.717, 1.165) is 33.8 Å². The van der Waals surface area contributed by atoms with Gasteiger partial charge in [0.2, 0.25) is 0 Å². The number of nitrogens with zero attached hydrogens (tertiary/aromatic N) is 3. The second kappa shape index (κ2) is 31.8. The first-order valence-electron chi connectivity index (χ1n) is 41.8. The maximum absolute atomic E-state index is 9.16. The lowest BCUT2D eigenvalue weighted by molar-refractivity contribution is 0.426. The van der Waals surface area contributed by atoms with Crippen LogP contribution >= 0.6 is 31.9 Å². The molecule has 0 aliphatic heterocycles. The lowest BCUT2D eigenvalue weighted by atomic mass is 9.79. The fourth-order valence-corrected chi connectivity index (χ4v) is 19.9. The van der Waals surface area contributed by atoms with E-state index in [-0.39, 0.29) is 5.41 Å². The molecule has 0 spiro atoms. The van der Waals surface area contributed by atoms with Gasteiger partial charge in [0.1, 0.15) is 0 Å². The highest BCUT2D eigenvalue weighted by Crippen LogP contribution is 2.51. The van der Waals surface area contributed by atoms with Crippen molar-refractivity contribution in [1.82, 2.24) is 13.7 Å². The van der Waals surface area contributed by atoms with E-state index in [1.54, 1.807) is 6.07 Å². The number of hydrogen-bond acceptors (Lipinski definition) is 2. The Bertz CT molecular complexity index is 7380. The maximum atomic E-state index is 9.16. The van der Waals surface area contributed by atoms with Crippen molar-refractivity contribution in [2.75, 3.05) is 0 Å². The molecule has 4 aliphatic carbocycles. The molecule has 0 fully saturated rings. The normalized spacial score (nSPS) is 12.5. The van der Waals surface area contributed by atoms with E-state index in [2.05, 4.69) is 436 Å². The van der Waals surface area contributed by atoms with E-state index in [9.17, 15) is 0 Å². The summed E-state index contributed by atoms with van der Waals surface area (Å²) < 4.78 is 9.28. The van der Waals surface area contributed by atoms with Gasteiger partial charge in [-0.05, 0) is 275 Å². The van der Waals surface area contributed by atoms with Crippen LogP contribution in [0.15, 0.2) is 421 Å². The molecule has 0 bridgehead atoms. The average molecular weight is 1700 g/mol. The number of hydrogen-bond donors (Lipinski definition) is 2. The van der Waals surface area contributed by atoms with E-state index in [1.807, 2.05) is 30.3 Å². The lowest BCUT2D eigenvalue weighted by Gasteiger charge is -2.22. The Hall–Kier alpha value is -13.7. The fraction of sp³-hybridized carbons (Fsp3) is 0.0526. The molecule has 0 saturated heterocycles. The van der Waals surface area contributed by atoms with Crippen LogP contribution < -0.4 is 5.46 Å². The molecule has 25 rings (SSSR count). The summed E-state index contributed by atoms with van der Waals surface area (Å²) in [5.41, 5.74) is 41.0. The summed E-state index contributed by atoms with van der Waals surface area (Å²) in [4.78, 5) is 0. The molecule has 122 heavy (non-hydrogen) atoms. The van der Waals surface area contributed by atoms with Gasteiger partial charge in [0, 0.05) is 63.7 Å². The zero-order valence-corrected chi connectivity index (χ0v) is 70.6. The van der Waals surface area contributed by atoms with Crippen molar-refractivity contribution in [2.24, 2.45) is 0 Å². The number of fused-ring (bicyclic) bond motifs is 21. The van der Waals surface area contributed by atoms with Crippen LogP contribution in [-0.4, -0.2) is 30.9 Å². The summed E-state index contributed by atoms with van der Waals surface area (Å²) in [6.07, 6.45) is 3.01. The van der Waals surface area contributed by atoms with Crippen molar-refractivity contribution in [3.05, 3.63) is 466 Å². The molecule has 3 heterocycles. The number of rotatable bonds is 7. The Labute approximate surface area is 727 Å². The minimum atomic E-state index is -1.39. The van der Waals surface area contributed by atoms with Gasteiger partial charge in [0.25, 0.3) is 0 Å². The minimum Gasteiger partial charge on any atom is -0.423 e. The van der Waals surface area contributed by atoms with Crippen molar-refractivity contribution < 1.29 is 10.0 Å². The van der Waals surface area contributed by atoms with Crippen LogP contribution in [-0.2, 0) is 24.7 Å². The summed E-state index contributed by atoms with van der Waals surface area (Å²) >= 11 is 7.08. The monoisotopic (exact) mass is 1690 g/mol. The third kappa shape index (κ3) is 13.8. The Kier molecular flexibility index (Phi) is 19.7. The Morgan fingerprint density at radius 3 is 1.00 bits per heavy atom. The van der Waals surface area contributed by atoms with Crippen molar-refractivity contribution in [1.29, 1.82) is 0 Å². The molecule has 0 saturated carbocycles. The lowest BCUT2D eigenvalue weighted by Crippen LogP contribution is -2.29. The zero-order chi connectivity index (χ0) is 82.1. The van der Waals surface area contributed by atoms with Gasteiger partial charge in [-0.15, -0.1) is 0 Å². The predicted octanol–water partition coefficient (Wildman–Crippen LogP) is 29.0. The van der Waals surface area contributed by atoms with Crippen molar-refractivity contribution in [3.8, 4) is 95.0 Å². The van der Waals surface area contributed by atoms with Gasteiger partial charge in [0.05, 0.1) is 33.1 Å². The molecule has 21 aromatic rings. The van der Waals surface area contributed by atoms with Gasteiger partial charge < -0.3 is 23.7 Å². The largest absolute Gasteiger partial charge is 0.488 e. The Balaban J connectivity index is 0.0000000962. The van der Waals surface area contributed by atoms with Gasteiger partial charge in [-0.3, -0.25) is 0 Å². The number of aromatic nitrogens is 3. The topological polar surface area (TPSA) is 55.2 Å². The van der Waals surface area contributed by atoms with E-state index in [0.29, 0.717) is 5.46 Å². The van der Waals surface area contributed by atoms with Crippen LogP contribution in [0.5, 0.6) is 0 Å². The molecular formula is C114H82BBr2N3O2. The summed E-state index contributed by atoms with van der Waals surface area (Å²) in [6, 6.07) is 148. The van der Waals surface area contributed by atoms with Gasteiger partial charge in [-0.2, -0.15) is 0 Å². The van der Waals surface area contributed by atoms with E-state index < -0.39 is 7.12 Å². The van der Waals surface area contributed by atoms with Crippen LogP contribution in [0, 0.1) is 0 Å². The first-order valence-corrected chi connectivity index (χ1v) is 43.4. The smallest absolute Gasteiger partial charge is 0.423 e. The SMILES string of the molecule is Brc1ccc2c(c1)c1ccccc1n2-c1ccccc1.CC1(C)c2ccccc2-c2ccc(-c3ccc(Br)cc3)cc21.OB(O)c1ccc2c(c1)-c1ccccc1C2.c1ccc(-n2c3ccccc3c3cc(-c4ccc5c(c4)-c4ccccc4C5)ccc32)cc1.c1ccc(-n2c3ccccc3c3cc(-c4ccc5c(c4)-c4ccccc4C5)ccc32)cc1. The fourth-order valence-electron chi connectivity index (χ4n) is 19.3. The zero-order valence-electron chi connectivity index (χ0n) is 67.5. The maximum Gasteiger partial charge on any atom is 0.488 e. The molecule has 2 N–H and O–H groups in total. The highest BCUT2D eigenvalue weighted by atomic mass is 79.9. The van der Waals surface area contributed by atoms with Crippen molar-refractivity contribution >= 4 is 110 Å². The standard InChI is InChI=1S/2C31H21N.C21H17Br.C18H12BrN.C13H11BO2/c2*1-2-9-25(10-3-1)32-30-13-7-6-12-27(30)29-20-22(16-17-31(29)32)21-14-15-24-18-23-8-4-5-11-26(23)28(24)19-21;1-21(2)19-6-4-3-5-17(19)18-12-9-15(13-20(18)21)14-7-10-16(22)11-8-14;19-13-10-11-18-16(12-13)15-8-4-5-9-17(15)20(18)14-6-2-1-3-7-14;15-14(16)11-6-5-10-7-9-3-1-2-4-12(9)13(10)8-11/h2*1-17,19-20H,18H2;3-13H,1-2H3;1-12H;1-6,8,15-16H,7H2. The molecule has 0 atom stereocenters. The third-order valence-electron chi connectivity index (χ3n) is 25.2. The molecule has 0 radical (unpaired) electrons. The molecule has 4 aliphatic rings. The summed E-state index contributed by atoms with van der Waals surface area (Å²) in [7, 11) is -1.39. The minimum absolute atomic E-state index is 0.0668. The molecule has 0 unspecified atom stereocenters. The quantitative estimate of drug-likeness (QED) is 0.156. The highest BCUT2D eigenvalue weighted by molar-refractivity contribution is 9.10. The average Bonchev–Trinajstić information content (AvgIpc) is 1.60. The molecule has 582 valence electrons. The Morgan fingerprint density at radius 1 is 0.230 bits per heavy atom. The second-order valence-corrected chi connectivity index (χ2v) is 34.5. The summed E-state index contributed by atoms with van der Waals surface area (Å²) in [5, 5.41) is 26.0. The van der Waals surface area contributed by atoms with Crippen molar-refractivity contribution in [2.45, 2.75) is 38.5 Å². The second-order valence-electron chi connectivity index (χ2n) is 32.7. The van der Waals surface area contributed by atoms with E-state index >= 15 is 0 Å². The van der Waals surface area contributed by atoms with Gasteiger partial charge in [-0.1, -0.05) is 331 Å². The Morgan fingerprint density at radius 2 is 0.541 bits per heavy atom.